The Balaban J connectivity index is 0.00000576. The van der Waals surface area contributed by atoms with Gasteiger partial charge in [0.1, 0.15) is 0 Å². The Kier molecular flexibility index (Phi) is 14.0. The normalized spacial score (nSPS) is 21.6. The molecule has 1 saturated heterocycles. The first-order valence-electron chi connectivity index (χ1n) is 9.63. The summed E-state index contributed by atoms with van der Waals surface area (Å²) in [4.78, 5) is 4.32. The van der Waals surface area contributed by atoms with Crippen molar-refractivity contribution in [3.63, 3.8) is 0 Å². The number of halogens is 1. The van der Waals surface area contributed by atoms with E-state index in [0.717, 1.165) is 58.1 Å². The number of nitrogens with zero attached hydrogens (tertiary/aromatic N) is 1. The number of rotatable bonds is 9. The van der Waals surface area contributed by atoms with Gasteiger partial charge in [-0.15, -0.1) is 24.0 Å². The predicted molar refractivity (Wildman–Crippen MR) is 117 cm³/mol. The summed E-state index contributed by atoms with van der Waals surface area (Å²) in [5.41, 5.74) is 0.180. The molecule has 0 aromatic rings. The van der Waals surface area contributed by atoms with E-state index in [4.69, 9.17) is 9.47 Å². The molecule has 150 valence electrons. The molecule has 1 rings (SSSR count). The maximum Gasteiger partial charge on any atom is 0.190 e. The summed E-state index contributed by atoms with van der Waals surface area (Å²) in [5, 5.41) is 6.84. The molecule has 1 heterocycles. The van der Waals surface area contributed by atoms with Crippen molar-refractivity contribution in [2.24, 2.45) is 16.3 Å². The zero-order valence-electron chi connectivity index (χ0n) is 16.9. The summed E-state index contributed by atoms with van der Waals surface area (Å²) in [7, 11) is 1.83. The van der Waals surface area contributed by atoms with Gasteiger partial charge in [-0.2, -0.15) is 0 Å². The summed E-state index contributed by atoms with van der Waals surface area (Å²) < 4.78 is 11.6. The molecule has 2 unspecified atom stereocenters. The first-order valence-corrected chi connectivity index (χ1v) is 9.63. The van der Waals surface area contributed by atoms with E-state index < -0.39 is 0 Å². The van der Waals surface area contributed by atoms with Gasteiger partial charge in [-0.05, 0) is 31.1 Å². The third kappa shape index (κ3) is 10.6. The minimum absolute atomic E-state index is 0. The standard InChI is InChI=1S/C19H39N3O2.HI/c1-6-7-12-23-13-9-11-21-18(20-5)22-15-16-10-8-14-24-17(16)19(2,3)4;/h16-17H,6-15H2,1-5H3,(H2,20,21,22);1H. The number of nitrogens with one attached hydrogen (secondary N) is 2. The smallest absolute Gasteiger partial charge is 0.190 e. The number of hydrogen-bond acceptors (Lipinski definition) is 3. The van der Waals surface area contributed by atoms with E-state index in [2.05, 4.69) is 43.3 Å². The highest BCUT2D eigenvalue weighted by molar-refractivity contribution is 14.0. The molecule has 1 aliphatic rings. The molecule has 1 aliphatic heterocycles. The molecule has 0 bridgehead atoms. The van der Waals surface area contributed by atoms with Crippen LogP contribution in [-0.2, 0) is 9.47 Å². The highest BCUT2D eigenvalue weighted by Gasteiger charge is 2.35. The average Bonchev–Trinajstić information content (AvgIpc) is 2.56. The second-order valence-corrected chi connectivity index (χ2v) is 7.76. The maximum absolute atomic E-state index is 6.05. The summed E-state index contributed by atoms with van der Waals surface area (Å²) >= 11 is 0. The van der Waals surface area contributed by atoms with Crippen molar-refractivity contribution in [3.05, 3.63) is 0 Å². The molecule has 0 aromatic heterocycles. The van der Waals surface area contributed by atoms with Gasteiger partial charge >= 0.3 is 0 Å². The molecule has 0 saturated carbocycles. The zero-order chi connectivity index (χ0) is 17.8. The molecule has 0 radical (unpaired) electrons. The van der Waals surface area contributed by atoms with Crippen LogP contribution in [0.4, 0.5) is 0 Å². The number of guanidine groups is 1. The van der Waals surface area contributed by atoms with Crippen LogP contribution in [0.1, 0.15) is 59.8 Å². The van der Waals surface area contributed by atoms with Crippen LogP contribution >= 0.6 is 24.0 Å². The molecule has 0 spiro atoms. The number of aliphatic imine (C=N–C) groups is 1. The van der Waals surface area contributed by atoms with Crippen LogP contribution in [0.2, 0.25) is 0 Å². The van der Waals surface area contributed by atoms with E-state index >= 15 is 0 Å². The largest absolute Gasteiger partial charge is 0.381 e. The van der Waals surface area contributed by atoms with Crippen molar-refractivity contribution in [2.75, 3.05) is 40.0 Å². The monoisotopic (exact) mass is 469 g/mol. The highest BCUT2D eigenvalue weighted by atomic mass is 127. The summed E-state index contributed by atoms with van der Waals surface area (Å²) in [6, 6.07) is 0. The Morgan fingerprint density at radius 2 is 1.92 bits per heavy atom. The molecule has 2 N–H and O–H groups in total. The van der Waals surface area contributed by atoms with E-state index in [0.29, 0.717) is 12.0 Å². The van der Waals surface area contributed by atoms with Gasteiger partial charge in [-0.1, -0.05) is 34.1 Å². The van der Waals surface area contributed by atoms with Gasteiger partial charge in [0.2, 0.25) is 0 Å². The fraction of sp³-hybridized carbons (Fsp3) is 0.947. The van der Waals surface area contributed by atoms with Crippen LogP contribution in [-0.4, -0.2) is 52.0 Å². The Labute approximate surface area is 172 Å². The van der Waals surface area contributed by atoms with Crippen LogP contribution in [0.15, 0.2) is 4.99 Å². The molecular formula is C19H40IN3O2. The predicted octanol–water partition coefficient (Wildman–Crippen LogP) is 3.82. The lowest BCUT2D eigenvalue weighted by molar-refractivity contribution is -0.0835. The van der Waals surface area contributed by atoms with Crippen molar-refractivity contribution >= 4 is 29.9 Å². The van der Waals surface area contributed by atoms with E-state index in [1.807, 2.05) is 7.05 Å². The average molecular weight is 469 g/mol. The summed E-state index contributed by atoms with van der Waals surface area (Å²) in [5.74, 6) is 1.41. The zero-order valence-corrected chi connectivity index (χ0v) is 19.2. The van der Waals surface area contributed by atoms with Crippen LogP contribution in [0.25, 0.3) is 0 Å². The first-order chi connectivity index (χ1) is 11.5. The lowest BCUT2D eigenvalue weighted by Gasteiger charge is -2.40. The van der Waals surface area contributed by atoms with Crippen molar-refractivity contribution in [1.29, 1.82) is 0 Å². The van der Waals surface area contributed by atoms with Gasteiger partial charge in [0, 0.05) is 45.9 Å². The molecule has 1 fully saturated rings. The minimum atomic E-state index is 0. The van der Waals surface area contributed by atoms with E-state index in [1.165, 1.54) is 12.8 Å². The molecular weight excluding hydrogens is 429 g/mol. The molecule has 2 atom stereocenters. The van der Waals surface area contributed by atoms with Gasteiger partial charge in [0.05, 0.1) is 6.10 Å². The topological polar surface area (TPSA) is 54.9 Å². The molecule has 0 aliphatic carbocycles. The van der Waals surface area contributed by atoms with Crippen LogP contribution in [0.3, 0.4) is 0 Å². The number of unbranched alkanes of at least 4 members (excludes halogenated alkanes) is 1. The van der Waals surface area contributed by atoms with Crippen molar-refractivity contribution in [3.8, 4) is 0 Å². The first kappa shape index (κ1) is 24.9. The van der Waals surface area contributed by atoms with Gasteiger partial charge in [0.15, 0.2) is 5.96 Å². The number of ether oxygens (including phenoxy) is 2. The molecule has 25 heavy (non-hydrogen) atoms. The Morgan fingerprint density at radius 1 is 1.20 bits per heavy atom. The van der Waals surface area contributed by atoms with Gasteiger partial charge in [-0.3, -0.25) is 4.99 Å². The van der Waals surface area contributed by atoms with Crippen molar-refractivity contribution in [2.45, 2.75) is 65.9 Å². The van der Waals surface area contributed by atoms with Crippen LogP contribution in [0.5, 0.6) is 0 Å². The maximum atomic E-state index is 6.05. The quantitative estimate of drug-likeness (QED) is 0.233. The van der Waals surface area contributed by atoms with Crippen LogP contribution < -0.4 is 10.6 Å². The van der Waals surface area contributed by atoms with E-state index in [9.17, 15) is 0 Å². The van der Waals surface area contributed by atoms with Gasteiger partial charge < -0.3 is 20.1 Å². The SMILES string of the molecule is CCCCOCCCNC(=NC)NCC1CCCOC1C(C)(C)C.I. The molecule has 6 heteroatoms. The number of hydrogen-bond donors (Lipinski definition) is 2. The third-order valence-electron chi connectivity index (χ3n) is 4.45. The second-order valence-electron chi connectivity index (χ2n) is 7.76. The minimum Gasteiger partial charge on any atom is -0.381 e. The second kappa shape index (κ2) is 14.0. The van der Waals surface area contributed by atoms with E-state index in [1.54, 1.807) is 0 Å². The van der Waals surface area contributed by atoms with Gasteiger partial charge in [-0.25, -0.2) is 0 Å². The molecule has 5 nitrogen and oxygen atoms in total. The van der Waals surface area contributed by atoms with Crippen molar-refractivity contribution < 1.29 is 9.47 Å². The van der Waals surface area contributed by atoms with Crippen LogP contribution in [0, 0.1) is 11.3 Å². The highest BCUT2D eigenvalue weighted by Crippen LogP contribution is 2.33. The fourth-order valence-corrected chi connectivity index (χ4v) is 3.19. The molecule has 0 aromatic carbocycles. The fourth-order valence-electron chi connectivity index (χ4n) is 3.19. The Morgan fingerprint density at radius 3 is 2.56 bits per heavy atom. The Bertz CT molecular complexity index is 359. The summed E-state index contributed by atoms with van der Waals surface area (Å²) in [6.07, 6.45) is 6.02. The van der Waals surface area contributed by atoms with Gasteiger partial charge in [0.25, 0.3) is 0 Å². The molecule has 0 amide bonds. The lowest BCUT2D eigenvalue weighted by Crippen LogP contribution is -2.47. The van der Waals surface area contributed by atoms with Crippen molar-refractivity contribution in [1.82, 2.24) is 10.6 Å². The Hall–Kier alpha value is -0.0800. The third-order valence-corrected chi connectivity index (χ3v) is 4.45. The van der Waals surface area contributed by atoms with E-state index in [-0.39, 0.29) is 29.4 Å². The lowest BCUT2D eigenvalue weighted by atomic mass is 9.78. The summed E-state index contributed by atoms with van der Waals surface area (Å²) in [6.45, 7) is 13.4.